The number of rotatable bonds is 3. The molecule has 0 spiro atoms. The van der Waals surface area contributed by atoms with Crippen molar-refractivity contribution in [2.45, 2.75) is 6.61 Å². The van der Waals surface area contributed by atoms with Gasteiger partial charge in [-0.05, 0) is 30.3 Å². The van der Waals surface area contributed by atoms with Crippen LogP contribution in [-0.4, -0.2) is 9.97 Å². The van der Waals surface area contributed by atoms with Gasteiger partial charge >= 0.3 is 5.63 Å². The second-order valence-electron chi connectivity index (χ2n) is 5.27. The van der Waals surface area contributed by atoms with E-state index < -0.39 is 5.63 Å². The van der Waals surface area contributed by atoms with Crippen molar-refractivity contribution in [1.82, 2.24) is 9.97 Å². The standard InChI is InChI=1S/C18H12N2O4/c21-17-8-6-11-5-7-12(9-15(11)24-17)23-10-16-19-14-4-2-1-3-13(14)18(22)20-16/h1-9H,10H2,(H,19,20,22). The van der Waals surface area contributed by atoms with Crippen LogP contribution in [0.25, 0.3) is 21.9 Å². The van der Waals surface area contributed by atoms with Gasteiger partial charge in [0.15, 0.2) is 0 Å². The van der Waals surface area contributed by atoms with Crippen LogP contribution in [0, 0.1) is 0 Å². The molecule has 118 valence electrons. The quantitative estimate of drug-likeness (QED) is 0.586. The number of fused-ring (bicyclic) bond motifs is 2. The summed E-state index contributed by atoms with van der Waals surface area (Å²) in [5.74, 6) is 0.945. The van der Waals surface area contributed by atoms with Gasteiger partial charge in [0.25, 0.3) is 5.56 Å². The van der Waals surface area contributed by atoms with Gasteiger partial charge in [0.2, 0.25) is 0 Å². The molecule has 0 atom stereocenters. The summed E-state index contributed by atoms with van der Waals surface area (Å²) in [4.78, 5) is 30.4. The maximum atomic E-state index is 12.0. The number of benzene rings is 2. The van der Waals surface area contributed by atoms with E-state index in [9.17, 15) is 9.59 Å². The van der Waals surface area contributed by atoms with Crippen LogP contribution < -0.4 is 15.9 Å². The lowest BCUT2D eigenvalue weighted by Crippen LogP contribution is -2.13. The Labute approximate surface area is 135 Å². The molecule has 6 nitrogen and oxygen atoms in total. The summed E-state index contributed by atoms with van der Waals surface area (Å²) in [5, 5.41) is 1.34. The summed E-state index contributed by atoms with van der Waals surface area (Å²) in [6.45, 7) is 0.0998. The van der Waals surface area contributed by atoms with E-state index in [1.807, 2.05) is 6.07 Å². The maximum Gasteiger partial charge on any atom is 0.336 e. The van der Waals surface area contributed by atoms with Crippen LogP contribution in [0.15, 0.2) is 68.6 Å². The van der Waals surface area contributed by atoms with Crippen LogP contribution >= 0.6 is 0 Å². The molecule has 2 heterocycles. The number of para-hydroxylation sites is 1. The molecule has 0 fully saturated rings. The topological polar surface area (TPSA) is 85.2 Å². The number of aromatic nitrogens is 2. The third kappa shape index (κ3) is 2.65. The zero-order chi connectivity index (χ0) is 16.5. The fourth-order valence-electron chi connectivity index (χ4n) is 2.49. The molecule has 24 heavy (non-hydrogen) atoms. The van der Waals surface area contributed by atoms with Gasteiger partial charge in [-0.2, -0.15) is 0 Å². The molecule has 0 aliphatic carbocycles. The van der Waals surface area contributed by atoms with Crippen LogP contribution in [0.4, 0.5) is 0 Å². The van der Waals surface area contributed by atoms with Crippen molar-refractivity contribution in [3.63, 3.8) is 0 Å². The van der Waals surface area contributed by atoms with Gasteiger partial charge in [-0.3, -0.25) is 4.79 Å². The molecule has 0 amide bonds. The number of hydrogen-bond acceptors (Lipinski definition) is 5. The van der Waals surface area contributed by atoms with Crippen LogP contribution in [0.2, 0.25) is 0 Å². The van der Waals surface area contributed by atoms with E-state index >= 15 is 0 Å². The first-order valence-electron chi connectivity index (χ1n) is 7.34. The van der Waals surface area contributed by atoms with Crippen molar-refractivity contribution in [2.75, 3.05) is 0 Å². The van der Waals surface area contributed by atoms with Gasteiger partial charge in [0.05, 0.1) is 10.9 Å². The van der Waals surface area contributed by atoms with Gasteiger partial charge in [0, 0.05) is 17.5 Å². The van der Waals surface area contributed by atoms with Crippen LogP contribution in [0.1, 0.15) is 5.82 Å². The highest BCUT2D eigenvalue weighted by atomic mass is 16.5. The van der Waals surface area contributed by atoms with Crippen molar-refractivity contribution in [1.29, 1.82) is 0 Å². The summed E-state index contributed by atoms with van der Waals surface area (Å²) in [6, 6.07) is 15.4. The first-order chi connectivity index (χ1) is 11.7. The zero-order valence-electron chi connectivity index (χ0n) is 12.5. The largest absolute Gasteiger partial charge is 0.486 e. The molecule has 2 aromatic carbocycles. The summed E-state index contributed by atoms with van der Waals surface area (Å²) >= 11 is 0. The van der Waals surface area contributed by atoms with Crippen molar-refractivity contribution in [3.8, 4) is 5.75 Å². The third-order valence-electron chi connectivity index (χ3n) is 3.63. The van der Waals surface area contributed by atoms with Gasteiger partial charge < -0.3 is 14.1 Å². The Morgan fingerprint density at radius 3 is 2.79 bits per heavy atom. The van der Waals surface area contributed by atoms with Crippen LogP contribution in [0.3, 0.4) is 0 Å². The van der Waals surface area contributed by atoms with E-state index in [0.717, 1.165) is 5.39 Å². The number of ether oxygens (including phenoxy) is 1. The van der Waals surface area contributed by atoms with E-state index in [-0.39, 0.29) is 12.2 Å². The first kappa shape index (κ1) is 14.2. The first-order valence-corrected chi connectivity index (χ1v) is 7.34. The van der Waals surface area contributed by atoms with Crippen LogP contribution in [-0.2, 0) is 6.61 Å². The van der Waals surface area contributed by atoms with Gasteiger partial charge in [0.1, 0.15) is 23.8 Å². The molecule has 0 saturated heterocycles. The van der Waals surface area contributed by atoms with Crippen molar-refractivity contribution >= 4 is 21.9 Å². The summed E-state index contributed by atoms with van der Waals surface area (Å²) in [6.07, 6.45) is 0. The Kier molecular flexibility index (Phi) is 3.35. The predicted octanol–water partition coefficient (Wildman–Crippen LogP) is 2.61. The molecule has 0 unspecified atom stereocenters. The highest BCUT2D eigenvalue weighted by molar-refractivity contribution is 5.78. The van der Waals surface area contributed by atoms with Crippen molar-refractivity contribution in [3.05, 3.63) is 81.2 Å². The fourth-order valence-corrected chi connectivity index (χ4v) is 2.49. The van der Waals surface area contributed by atoms with Crippen molar-refractivity contribution in [2.24, 2.45) is 0 Å². The van der Waals surface area contributed by atoms with Crippen molar-refractivity contribution < 1.29 is 9.15 Å². The smallest absolute Gasteiger partial charge is 0.336 e. The minimum Gasteiger partial charge on any atom is -0.486 e. The lowest BCUT2D eigenvalue weighted by atomic mass is 10.2. The van der Waals surface area contributed by atoms with E-state index in [0.29, 0.717) is 28.1 Å². The van der Waals surface area contributed by atoms with E-state index in [1.165, 1.54) is 6.07 Å². The summed E-state index contributed by atoms with van der Waals surface area (Å²) < 4.78 is 10.8. The molecule has 2 aromatic heterocycles. The Bertz CT molecular complexity index is 1160. The van der Waals surface area contributed by atoms with Gasteiger partial charge in [-0.15, -0.1) is 0 Å². The maximum absolute atomic E-state index is 12.0. The Morgan fingerprint density at radius 1 is 1.04 bits per heavy atom. The predicted molar refractivity (Wildman–Crippen MR) is 89.2 cm³/mol. The molecule has 1 N–H and O–H groups in total. The molecule has 0 saturated carbocycles. The number of nitrogens with one attached hydrogen (secondary N) is 1. The molecular formula is C18H12N2O4. The molecule has 0 radical (unpaired) electrons. The molecule has 4 aromatic rings. The van der Waals surface area contributed by atoms with Gasteiger partial charge in [-0.25, -0.2) is 9.78 Å². The molecule has 4 rings (SSSR count). The number of H-pyrrole nitrogens is 1. The average Bonchev–Trinajstić information content (AvgIpc) is 2.59. The van der Waals surface area contributed by atoms with E-state index in [2.05, 4.69) is 9.97 Å². The third-order valence-corrected chi connectivity index (χ3v) is 3.63. The average molecular weight is 320 g/mol. The Morgan fingerprint density at radius 2 is 1.88 bits per heavy atom. The Hall–Kier alpha value is -3.41. The van der Waals surface area contributed by atoms with Gasteiger partial charge in [-0.1, -0.05) is 12.1 Å². The number of aromatic amines is 1. The minimum atomic E-state index is -0.417. The summed E-state index contributed by atoms with van der Waals surface area (Å²) in [7, 11) is 0. The van der Waals surface area contributed by atoms with E-state index in [1.54, 1.807) is 42.5 Å². The Balaban J connectivity index is 1.63. The molecule has 0 aliphatic heterocycles. The minimum absolute atomic E-state index is 0.0998. The van der Waals surface area contributed by atoms with Crippen LogP contribution in [0.5, 0.6) is 5.75 Å². The summed E-state index contributed by atoms with van der Waals surface area (Å²) in [5.41, 5.74) is 0.438. The lowest BCUT2D eigenvalue weighted by molar-refractivity contribution is 0.296. The zero-order valence-corrected chi connectivity index (χ0v) is 12.5. The highest BCUT2D eigenvalue weighted by Crippen LogP contribution is 2.20. The molecule has 6 heteroatoms. The second-order valence-corrected chi connectivity index (χ2v) is 5.27. The molecule has 0 bridgehead atoms. The molecule has 0 aliphatic rings. The SMILES string of the molecule is O=c1ccc2ccc(OCc3nc4ccccc4c(=O)[nH]3)cc2o1. The fraction of sp³-hybridized carbons (Fsp3) is 0.0556. The molecular weight excluding hydrogens is 308 g/mol. The highest BCUT2D eigenvalue weighted by Gasteiger charge is 2.05. The lowest BCUT2D eigenvalue weighted by Gasteiger charge is -2.07. The number of nitrogens with zero attached hydrogens (tertiary/aromatic N) is 1. The monoisotopic (exact) mass is 320 g/mol. The second kappa shape index (κ2) is 5.66. The van der Waals surface area contributed by atoms with E-state index in [4.69, 9.17) is 9.15 Å². The number of hydrogen-bond donors (Lipinski definition) is 1. The normalized spacial score (nSPS) is 11.0.